The summed E-state index contributed by atoms with van der Waals surface area (Å²) in [6.45, 7) is 5.63. The maximum atomic E-state index is 12.7. The van der Waals surface area contributed by atoms with E-state index in [1.165, 1.54) is 4.31 Å². The van der Waals surface area contributed by atoms with Gasteiger partial charge in [-0.3, -0.25) is 0 Å². The lowest BCUT2D eigenvalue weighted by atomic mass is 10.0. The van der Waals surface area contributed by atoms with Gasteiger partial charge in [-0.15, -0.1) is 0 Å². The maximum absolute atomic E-state index is 12.7. The van der Waals surface area contributed by atoms with E-state index < -0.39 is 10.2 Å². The SMILES string of the molecule is COc1ccc(C)cc1CN(C)S(=O)(=O)N1CCC[C@H](C)C1. The molecule has 0 unspecified atom stereocenters. The topological polar surface area (TPSA) is 49.9 Å². The molecule has 1 aliphatic heterocycles. The monoisotopic (exact) mass is 326 g/mol. The summed E-state index contributed by atoms with van der Waals surface area (Å²) in [5.41, 5.74) is 1.98. The molecule has 124 valence electrons. The Hall–Kier alpha value is -1.11. The molecule has 1 aromatic rings. The van der Waals surface area contributed by atoms with E-state index in [-0.39, 0.29) is 0 Å². The Morgan fingerprint density at radius 1 is 1.41 bits per heavy atom. The summed E-state index contributed by atoms with van der Waals surface area (Å²) in [6, 6.07) is 5.82. The lowest BCUT2D eigenvalue weighted by molar-refractivity contribution is 0.262. The quantitative estimate of drug-likeness (QED) is 0.835. The molecule has 2 rings (SSSR count). The molecule has 0 aliphatic carbocycles. The van der Waals surface area contributed by atoms with Crippen molar-refractivity contribution in [3.05, 3.63) is 29.3 Å². The number of rotatable bonds is 5. The predicted molar refractivity (Wildman–Crippen MR) is 88.1 cm³/mol. The van der Waals surface area contributed by atoms with E-state index in [2.05, 4.69) is 6.92 Å². The fourth-order valence-electron chi connectivity index (χ4n) is 2.91. The lowest BCUT2D eigenvalue weighted by Crippen LogP contribution is -2.46. The highest BCUT2D eigenvalue weighted by atomic mass is 32.2. The Balaban J connectivity index is 2.17. The summed E-state index contributed by atoms with van der Waals surface area (Å²) >= 11 is 0. The van der Waals surface area contributed by atoms with E-state index in [9.17, 15) is 8.42 Å². The number of aryl methyl sites for hydroxylation is 1. The molecule has 1 aromatic carbocycles. The van der Waals surface area contributed by atoms with Gasteiger partial charge in [-0.25, -0.2) is 0 Å². The van der Waals surface area contributed by atoms with E-state index in [1.807, 2.05) is 25.1 Å². The van der Waals surface area contributed by atoms with E-state index in [1.54, 1.807) is 18.5 Å². The molecule has 0 amide bonds. The third-order valence-corrected chi connectivity index (χ3v) is 6.07. The van der Waals surface area contributed by atoms with Crippen LogP contribution in [0.2, 0.25) is 0 Å². The number of nitrogens with zero attached hydrogens (tertiary/aromatic N) is 2. The van der Waals surface area contributed by atoms with Crippen molar-refractivity contribution in [2.45, 2.75) is 33.2 Å². The molecular weight excluding hydrogens is 300 g/mol. The first kappa shape index (κ1) is 17.2. The number of hydrogen-bond donors (Lipinski definition) is 0. The second-order valence-electron chi connectivity index (χ2n) is 6.18. The van der Waals surface area contributed by atoms with Crippen LogP contribution in [-0.2, 0) is 16.8 Å². The fraction of sp³-hybridized carbons (Fsp3) is 0.625. The molecule has 0 aromatic heterocycles. The van der Waals surface area contributed by atoms with Crippen LogP contribution in [0.4, 0.5) is 0 Å². The molecule has 0 bridgehead atoms. The maximum Gasteiger partial charge on any atom is 0.282 e. The van der Waals surface area contributed by atoms with Gasteiger partial charge in [-0.2, -0.15) is 17.0 Å². The zero-order valence-corrected chi connectivity index (χ0v) is 14.7. The van der Waals surface area contributed by atoms with Crippen molar-refractivity contribution in [2.24, 2.45) is 5.92 Å². The Bertz CT molecular complexity index is 616. The van der Waals surface area contributed by atoms with Crippen LogP contribution < -0.4 is 4.74 Å². The summed E-state index contributed by atoms with van der Waals surface area (Å²) in [5, 5.41) is 0. The van der Waals surface area contributed by atoms with Gasteiger partial charge in [-0.1, -0.05) is 24.6 Å². The molecule has 0 saturated carbocycles. The number of methoxy groups -OCH3 is 1. The minimum Gasteiger partial charge on any atom is -0.496 e. The first-order valence-corrected chi connectivity index (χ1v) is 9.09. The van der Waals surface area contributed by atoms with Crippen LogP contribution in [-0.4, -0.2) is 44.3 Å². The minimum absolute atomic E-state index is 0.318. The average molecular weight is 326 g/mol. The molecule has 1 fully saturated rings. The summed E-state index contributed by atoms with van der Waals surface area (Å²) in [7, 11) is -0.178. The minimum atomic E-state index is -3.42. The van der Waals surface area contributed by atoms with Gasteiger partial charge < -0.3 is 4.74 Å². The number of benzene rings is 1. The van der Waals surface area contributed by atoms with Gasteiger partial charge >= 0.3 is 0 Å². The highest BCUT2D eigenvalue weighted by Crippen LogP contribution is 2.24. The van der Waals surface area contributed by atoms with Gasteiger partial charge in [0.15, 0.2) is 0 Å². The van der Waals surface area contributed by atoms with Crippen molar-refractivity contribution in [1.82, 2.24) is 8.61 Å². The van der Waals surface area contributed by atoms with Gasteiger partial charge in [0.1, 0.15) is 5.75 Å². The van der Waals surface area contributed by atoms with Gasteiger partial charge in [0.2, 0.25) is 0 Å². The van der Waals surface area contributed by atoms with Crippen molar-refractivity contribution < 1.29 is 13.2 Å². The second kappa shape index (κ2) is 6.98. The number of ether oxygens (including phenoxy) is 1. The lowest BCUT2D eigenvalue weighted by Gasteiger charge is -2.33. The second-order valence-corrected chi connectivity index (χ2v) is 8.22. The summed E-state index contributed by atoms with van der Waals surface area (Å²) in [6.07, 6.45) is 2.03. The Kier molecular flexibility index (Phi) is 5.47. The normalized spacial score (nSPS) is 20.3. The first-order valence-electron chi connectivity index (χ1n) is 7.69. The molecule has 1 saturated heterocycles. The van der Waals surface area contributed by atoms with E-state index in [4.69, 9.17) is 4.74 Å². The van der Waals surface area contributed by atoms with Gasteiger partial charge in [0, 0.05) is 32.2 Å². The van der Waals surface area contributed by atoms with E-state index in [0.717, 1.165) is 29.7 Å². The van der Waals surface area contributed by atoms with Gasteiger partial charge in [-0.05, 0) is 31.7 Å². The molecule has 22 heavy (non-hydrogen) atoms. The summed E-state index contributed by atoms with van der Waals surface area (Å²) in [5.74, 6) is 1.14. The molecule has 1 aliphatic rings. The summed E-state index contributed by atoms with van der Waals surface area (Å²) < 4.78 is 33.8. The first-order chi connectivity index (χ1) is 10.3. The molecule has 5 nitrogen and oxygen atoms in total. The molecule has 1 atom stereocenters. The van der Waals surface area contributed by atoms with Crippen LogP contribution in [0.1, 0.15) is 30.9 Å². The third kappa shape index (κ3) is 3.80. The molecule has 0 radical (unpaired) electrons. The van der Waals surface area contributed by atoms with Crippen molar-refractivity contribution in [2.75, 3.05) is 27.2 Å². The molecule has 0 N–H and O–H groups in total. The molecule has 0 spiro atoms. The smallest absolute Gasteiger partial charge is 0.282 e. The van der Waals surface area contributed by atoms with E-state index in [0.29, 0.717) is 25.6 Å². The van der Waals surface area contributed by atoms with Crippen molar-refractivity contribution in [3.63, 3.8) is 0 Å². The third-order valence-electron chi connectivity index (χ3n) is 4.17. The number of piperidine rings is 1. The van der Waals surface area contributed by atoms with Crippen LogP contribution in [0.5, 0.6) is 5.75 Å². The van der Waals surface area contributed by atoms with Crippen molar-refractivity contribution in [1.29, 1.82) is 0 Å². The molecular formula is C16H26N2O3S. The number of hydrogen-bond acceptors (Lipinski definition) is 3. The molecule has 6 heteroatoms. The fourth-order valence-corrected chi connectivity index (χ4v) is 4.40. The van der Waals surface area contributed by atoms with Crippen molar-refractivity contribution in [3.8, 4) is 5.75 Å². The van der Waals surface area contributed by atoms with Crippen LogP contribution >= 0.6 is 0 Å². The standard InChI is InChI=1S/C16H26N2O3S/c1-13-7-8-16(21-4)15(10-13)12-17(3)22(19,20)18-9-5-6-14(2)11-18/h7-8,10,14H,5-6,9,11-12H2,1-4H3/t14-/m0/s1. The van der Waals surface area contributed by atoms with Gasteiger partial charge in [0.05, 0.1) is 7.11 Å². The van der Waals surface area contributed by atoms with Crippen LogP contribution in [0.15, 0.2) is 18.2 Å². The van der Waals surface area contributed by atoms with E-state index >= 15 is 0 Å². The van der Waals surface area contributed by atoms with Crippen molar-refractivity contribution >= 4 is 10.2 Å². The Morgan fingerprint density at radius 3 is 2.77 bits per heavy atom. The highest BCUT2D eigenvalue weighted by Gasteiger charge is 2.30. The zero-order chi connectivity index (χ0) is 16.3. The largest absolute Gasteiger partial charge is 0.496 e. The Labute approximate surface area is 134 Å². The van der Waals surface area contributed by atoms with Gasteiger partial charge in [0.25, 0.3) is 10.2 Å². The summed E-state index contributed by atoms with van der Waals surface area (Å²) in [4.78, 5) is 0. The zero-order valence-electron chi connectivity index (χ0n) is 13.9. The average Bonchev–Trinajstić information content (AvgIpc) is 2.47. The van der Waals surface area contributed by atoms with Crippen LogP contribution in [0, 0.1) is 12.8 Å². The highest BCUT2D eigenvalue weighted by molar-refractivity contribution is 7.86. The Morgan fingerprint density at radius 2 is 2.14 bits per heavy atom. The van der Waals surface area contributed by atoms with Crippen LogP contribution in [0.3, 0.4) is 0 Å². The predicted octanol–water partition coefficient (Wildman–Crippen LogP) is 2.41. The molecule has 1 heterocycles. The van der Waals surface area contributed by atoms with Crippen LogP contribution in [0.25, 0.3) is 0 Å².